The van der Waals surface area contributed by atoms with Crippen LogP contribution in [0.25, 0.3) is 0 Å². The average molecular weight is 239 g/mol. The van der Waals surface area contributed by atoms with Crippen LogP contribution < -0.4 is 0 Å². The molecule has 2 aliphatic rings. The van der Waals surface area contributed by atoms with Crippen molar-refractivity contribution in [1.82, 2.24) is 4.90 Å². The van der Waals surface area contributed by atoms with Crippen LogP contribution in [-0.2, 0) is 9.47 Å². The number of nitrogens with zero attached hydrogens (tertiary/aromatic N) is 1. The Morgan fingerprint density at radius 2 is 1.65 bits per heavy atom. The molecule has 2 fully saturated rings. The first-order valence-corrected chi connectivity index (χ1v) is 6.84. The molecule has 2 aliphatic heterocycles. The third-order valence-electron chi connectivity index (χ3n) is 3.47. The Kier molecular flexibility index (Phi) is 5.01. The van der Waals surface area contributed by atoms with Gasteiger partial charge in [-0.2, -0.15) is 0 Å². The van der Waals surface area contributed by atoms with Gasteiger partial charge < -0.3 is 9.47 Å². The van der Waals surface area contributed by atoms with Crippen LogP contribution in [0.4, 0.5) is 0 Å². The van der Waals surface area contributed by atoms with E-state index in [1.54, 1.807) is 0 Å². The maximum absolute atomic E-state index is 5.72. The molecule has 98 valence electrons. The lowest BCUT2D eigenvalue weighted by Crippen LogP contribution is -2.38. The highest BCUT2D eigenvalue weighted by atomic mass is 16.5. The van der Waals surface area contributed by atoms with Crippen LogP contribution >= 0.6 is 0 Å². The van der Waals surface area contributed by atoms with Crippen LogP contribution in [0.2, 0.25) is 0 Å². The van der Waals surface area contributed by atoms with Gasteiger partial charge in [0.25, 0.3) is 0 Å². The highest BCUT2D eigenvalue weighted by Gasteiger charge is 2.23. The fourth-order valence-corrected chi connectivity index (χ4v) is 2.74. The van der Waals surface area contributed by atoms with Crippen LogP contribution in [0.3, 0.4) is 0 Å². The van der Waals surface area contributed by atoms with Gasteiger partial charge in [-0.25, -0.2) is 0 Å². The lowest BCUT2D eigenvalue weighted by molar-refractivity contribution is 0.0412. The topological polar surface area (TPSA) is 21.7 Å². The zero-order chi connectivity index (χ0) is 12.1. The Balaban J connectivity index is 1.80. The van der Waals surface area contributed by atoms with Gasteiger partial charge >= 0.3 is 0 Å². The fraction of sp³-hybridized carbons (Fsp3) is 0.857. The van der Waals surface area contributed by atoms with Crippen molar-refractivity contribution in [2.75, 3.05) is 32.8 Å². The molecule has 0 bridgehead atoms. The van der Waals surface area contributed by atoms with Crippen LogP contribution in [-0.4, -0.2) is 50.0 Å². The van der Waals surface area contributed by atoms with E-state index in [-0.39, 0.29) is 0 Å². The predicted octanol–water partition coefficient (Wildman–Crippen LogP) is 2.22. The molecule has 3 nitrogen and oxygen atoms in total. The standard InChI is InChI=1S/C14H25NO2/c1-12(2)9-15(10-13-5-3-7-16-13)11-14-6-4-8-17-14/h13-14H,1,3-11H2,2H3/t13-,14-/m1/s1. The van der Waals surface area contributed by atoms with Gasteiger partial charge in [-0.15, -0.1) is 0 Å². The molecule has 0 spiro atoms. The molecule has 3 heteroatoms. The Bertz CT molecular complexity index is 225. The summed E-state index contributed by atoms with van der Waals surface area (Å²) in [7, 11) is 0. The minimum atomic E-state index is 0.427. The summed E-state index contributed by atoms with van der Waals surface area (Å²) in [6, 6.07) is 0. The van der Waals surface area contributed by atoms with Crippen molar-refractivity contribution < 1.29 is 9.47 Å². The van der Waals surface area contributed by atoms with Gasteiger partial charge in [-0.1, -0.05) is 12.2 Å². The molecule has 0 saturated carbocycles. The van der Waals surface area contributed by atoms with Crippen molar-refractivity contribution in [2.24, 2.45) is 0 Å². The van der Waals surface area contributed by atoms with E-state index in [2.05, 4.69) is 18.4 Å². The van der Waals surface area contributed by atoms with Gasteiger partial charge in [0.1, 0.15) is 0 Å². The van der Waals surface area contributed by atoms with Crippen molar-refractivity contribution in [1.29, 1.82) is 0 Å². The molecule has 2 heterocycles. The molecule has 2 rings (SSSR count). The molecule has 2 atom stereocenters. The van der Waals surface area contributed by atoms with Crippen molar-refractivity contribution in [3.05, 3.63) is 12.2 Å². The van der Waals surface area contributed by atoms with Crippen LogP contribution in [0, 0.1) is 0 Å². The summed E-state index contributed by atoms with van der Waals surface area (Å²) in [5.74, 6) is 0. The molecule has 0 aromatic rings. The molecule has 17 heavy (non-hydrogen) atoms. The SMILES string of the molecule is C=C(C)CN(C[C@H]1CCCO1)C[C@H]1CCCO1. The smallest absolute Gasteiger partial charge is 0.0702 e. The van der Waals surface area contributed by atoms with Gasteiger partial charge in [0, 0.05) is 32.8 Å². The molecule has 0 N–H and O–H groups in total. The lowest BCUT2D eigenvalue weighted by Gasteiger charge is -2.27. The summed E-state index contributed by atoms with van der Waals surface area (Å²) in [6.07, 6.45) is 5.69. The summed E-state index contributed by atoms with van der Waals surface area (Å²) >= 11 is 0. The predicted molar refractivity (Wildman–Crippen MR) is 69.2 cm³/mol. The molecular formula is C14H25NO2. The van der Waals surface area contributed by atoms with E-state index >= 15 is 0 Å². The Morgan fingerprint density at radius 1 is 1.12 bits per heavy atom. The molecule has 2 saturated heterocycles. The van der Waals surface area contributed by atoms with E-state index in [1.165, 1.54) is 31.3 Å². The first kappa shape index (κ1) is 13.1. The monoisotopic (exact) mass is 239 g/mol. The largest absolute Gasteiger partial charge is 0.377 e. The number of ether oxygens (including phenoxy) is 2. The Morgan fingerprint density at radius 3 is 2.00 bits per heavy atom. The van der Waals surface area contributed by atoms with Crippen LogP contribution in [0.5, 0.6) is 0 Å². The molecule has 0 aromatic heterocycles. The van der Waals surface area contributed by atoms with E-state index in [0.29, 0.717) is 12.2 Å². The lowest BCUT2D eigenvalue weighted by atomic mass is 10.2. The molecule has 0 aliphatic carbocycles. The maximum Gasteiger partial charge on any atom is 0.0702 e. The van der Waals surface area contributed by atoms with Crippen molar-refractivity contribution in [2.45, 2.75) is 44.8 Å². The minimum absolute atomic E-state index is 0.427. The highest BCUT2D eigenvalue weighted by molar-refractivity contribution is 4.93. The first-order valence-electron chi connectivity index (χ1n) is 6.84. The normalized spacial score (nSPS) is 29.1. The minimum Gasteiger partial charge on any atom is -0.377 e. The van der Waals surface area contributed by atoms with E-state index in [1.807, 2.05) is 0 Å². The van der Waals surface area contributed by atoms with E-state index < -0.39 is 0 Å². The van der Waals surface area contributed by atoms with Crippen molar-refractivity contribution >= 4 is 0 Å². The second kappa shape index (κ2) is 6.53. The second-order valence-electron chi connectivity index (χ2n) is 5.42. The van der Waals surface area contributed by atoms with Gasteiger partial charge in [0.2, 0.25) is 0 Å². The van der Waals surface area contributed by atoms with Gasteiger partial charge in [0.15, 0.2) is 0 Å². The van der Waals surface area contributed by atoms with E-state index in [0.717, 1.165) is 32.8 Å². The number of hydrogen-bond acceptors (Lipinski definition) is 3. The fourth-order valence-electron chi connectivity index (χ4n) is 2.74. The van der Waals surface area contributed by atoms with Crippen molar-refractivity contribution in [3.8, 4) is 0 Å². The Hall–Kier alpha value is -0.380. The zero-order valence-electron chi connectivity index (χ0n) is 11.0. The van der Waals surface area contributed by atoms with Gasteiger partial charge in [-0.3, -0.25) is 4.90 Å². The first-order chi connectivity index (χ1) is 8.24. The second-order valence-corrected chi connectivity index (χ2v) is 5.42. The maximum atomic E-state index is 5.72. The molecule has 0 aromatic carbocycles. The number of rotatable bonds is 6. The summed E-state index contributed by atoms with van der Waals surface area (Å²) in [4.78, 5) is 2.45. The number of hydrogen-bond donors (Lipinski definition) is 0. The summed E-state index contributed by atoms with van der Waals surface area (Å²) in [5.41, 5.74) is 1.22. The third kappa shape index (κ3) is 4.41. The zero-order valence-corrected chi connectivity index (χ0v) is 11.0. The molecular weight excluding hydrogens is 214 g/mol. The van der Waals surface area contributed by atoms with Crippen LogP contribution in [0.1, 0.15) is 32.6 Å². The summed E-state index contributed by atoms with van der Waals surface area (Å²) in [5, 5.41) is 0. The quantitative estimate of drug-likeness (QED) is 0.663. The Labute approximate surface area is 105 Å². The third-order valence-corrected chi connectivity index (χ3v) is 3.47. The molecule has 0 radical (unpaired) electrons. The van der Waals surface area contributed by atoms with Crippen molar-refractivity contribution in [3.63, 3.8) is 0 Å². The summed E-state index contributed by atoms with van der Waals surface area (Å²) < 4.78 is 11.4. The molecule has 0 amide bonds. The van der Waals surface area contributed by atoms with Gasteiger partial charge in [-0.05, 0) is 32.6 Å². The average Bonchev–Trinajstić information content (AvgIpc) is 2.89. The highest BCUT2D eigenvalue weighted by Crippen LogP contribution is 2.17. The van der Waals surface area contributed by atoms with E-state index in [4.69, 9.17) is 9.47 Å². The summed E-state index contributed by atoms with van der Waals surface area (Å²) in [6.45, 7) is 11.0. The molecule has 0 unspecified atom stereocenters. The van der Waals surface area contributed by atoms with E-state index in [9.17, 15) is 0 Å². The van der Waals surface area contributed by atoms with Gasteiger partial charge in [0.05, 0.1) is 12.2 Å². The van der Waals surface area contributed by atoms with Crippen LogP contribution in [0.15, 0.2) is 12.2 Å².